The standard InChI is InChI=1S/C21H23N3OS/c1-26(25)12-11-23-19-7-4-8-20-18(19)13-17(21(22)24-20)16-10-9-14-5-2-3-6-15(14)16/h2-8,13,16,23H,9-12H2,1H3,(H2,22,24)/t16-,26?/m1/s1. The lowest BCUT2D eigenvalue weighted by molar-refractivity contribution is 0.601. The highest BCUT2D eigenvalue weighted by Crippen LogP contribution is 2.41. The van der Waals surface area contributed by atoms with Gasteiger partial charge in [0.15, 0.2) is 0 Å². The van der Waals surface area contributed by atoms with Crippen molar-refractivity contribution in [1.82, 2.24) is 4.98 Å². The van der Waals surface area contributed by atoms with Crippen LogP contribution in [0.4, 0.5) is 11.5 Å². The minimum Gasteiger partial charge on any atom is -0.617 e. The molecule has 1 aliphatic rings. The van der Waals surface area contributed by atoms with Crippen molar-refractivity contribution in [3.63, 3.8) is 0 Å². The zero-order chi connectivity index (χ0) is 18.1. The van der Waals surface area contributed by atoms with Crippen LogP contribution in [0.2, 0.25) is 0 Å². The monoisotopic (exact) mass is 365 g/mol. The van der Waals surface area contributed by atoms with E-state index >= 15 is 0 Å². The van der Waals surface area contributed by atoms with Crippen LogP contribution in [0, 0.1) is 0 Å². The third-order valence-corrected chi connectivity index (χ3v) is 5.91. The number of aromatic nitrogens is 1. The number of nitrogens with zero attached hydrogens (tertiary/aromatic N) is 1. The van der Waals surface area contributed by atoms with Gasteiger partial charge in [-0.25, -0.2) is 4.98 Å². The number of hydrogen-bond acceptors (Lipinski definition) is 4. The van der Waals surface area contributed by atoms with E-state index in [0.29, 0.717) is 24.0 Å². The number of aryl methyl sites for hydroxylation is 1. The Labute approximate surface area is 157 Å². The molecule has 0 spiro atoms. The van der Waals surface area contributed by atoms with E-state index in [2.05, 4.69) is 40.6 Å². The molecule has 0 saturated carbocycles. The molecule has 3 aromatic rings. The molecule has 1 unspecified atom stereocenters. The average molecular weight is 366 g/mol. The van der Waals surface area contributed by atoms with Crippen molar-refractivity contribution in [2.24, 2.45) is 0 Å². The predicted octanol–water partition coefficient (Wildman–Crippen LogP) is 3.69. The van der Waals surface area contributed by atoms with Crippen molar-refractivity contribution in [2.45, 2.75) is 18.8 Å². The normalized spacial score (nSPS) is 17.2. The number of nitrogens with one attached hydrogen (secondary N) is 1. The number of anilines is 2. The molecule has 1 aliphatic carbocycles. The molecule has 0 amide bonds. The van der Waals surface area contributed by atoms with Crippen LogP contribution in [0.15, 0.2) is 48.5 Å². The van der Waals surface area contributed by atoms with Crippen molar-refractivity contribution in [1.29, 1.82) is 0 Å². The molecular weight excluding hydrogens is 342 g/mol. The maximum atomic E-state index is 11.3. The Morgan fingerprint density at radius 3 is 2.88 bits per heavy atom. The average Bonchev–Trinajstić information content (AvgIpc) is 3.05. The highest BCUT2D eigenvalue weighted by molar-refractivity contribution is 7.90. The van der Waals surface area contributed by atoms with Gasteiger partial charge in [-0.3, -0.25) is 0 Å². The SMILES string of the molecule is C[S+]([O-])CCNc1cccc2nc(N)c([C@@H]3CCc4ccccc43)cc12. The van der Waals surface area contributed by atoms with Gasteiger partial charge in [-0.15, -0.1) is 0 Å². The lowest BCUT2D eigenvalue weighted by Crippen LogP contribution is -2.14. The van der Waals surface area contributed by atoms with Crippen molar-refractivity contribution in [3.05, 3.63) is 65.2 Å². The van der Waals surface area contributed by atoms with E-state index < -0.39 is 11.2 Å². The molecule has 3 N–H and O–H groups in total. The van der Waals surface area contributed by atoms with Crippen LogP contribution >= 0.6 is 0 Å². The third-order valence-electron chi connectivity index (χ3n) is 5.13. The van der Waals surface area contributed by atoms with E-state index in [0.717, 1.165) is 35.0 Å². The summed E-state index contributed by atoms with van der Waals surface area (Å²) in [5.41, 5.74) is 12.1. The topological polar surface area (TPSA) is 74.0 Å². The van der Waals surface area contributed by atoms with Crippen molar-refractivity contribution in [2.75, 3.05) is 29.6 Å². The lowest BCUT2D eigenvalue weighted by atomic mass is 9.92. The second-order valence-electron chi connectivity index (χ2n) is 6.83. The van der Waals surface area contributed by atoms with Crippen molar-refractivity contribution < 1.29 is 4.55 Å². The summed E-state index contributed by atoms with van der Waals surface area (Å²) < 4.78 is 11.3. The Kier molecular flexibility index (Phi) is 4.74. The van der Waals surface area contributed by atoms with Gasteiger partial charge < -0.3 is 15.6 Å². The zero-order valence-corrected chi connectivity index (χ0v) is 15.7. The molecule has 0 aliphatic heterocycles. The summed E-state index contributed by atoms with van der Waals surface area (Å²) >= 11 is -0.806. The van der Waals surface area contributed by atoms with Gasteiger partial charge in [-0.05, 0) is 42.2 Å². The fourth-order valence-electron chi connectivity index (χ4n) is 3.87. The van der Waals surface area contributed by atoms with E-state index in [9.17, 15) is 4.55 Å². The van der Waals surface area contributed by atoms with Crippen LogP contribution in [0.3, 0.4) is 0 Å². The molecule has 0 fully saturated rings. The minimum atomic E-state index is -0.806. The van der Waals surface area contributed by atoms with Crippen molar-refractivity contribution in [3.8, 4) is 0 Å². The largest absolute Gasteiger partial charge is 0.617 e. The number of rotatable bonds is 5. The Balaban J connectivity index is 1.73. The Hall–Kier alpha value is -2.24. The fraction of sp³-hybridized carbons (Fsp3) is 0.286. The van der Waals surface area contributed by atoms with Gasteiger partial charge in [0.2, 0.25) is 0 Å². The van der Waals surface area contributed by atoms with Gasteiger partial charge in [0.25, 0.3) is 0 Å². The molecule has 0 radical (unpaired) electrons. The predicted molar refractivity (Wildman–Crippen MR) is 110 cm³/mol. The summed E-state index contributed by atoms with van der Waals surface area (Å²) in [5, 5.41) is 4.47. The highest BCUT2D eigenvalue weighted by Gasteiger charge is 2.26. The van der Waals surface area contributed by atoms with Gasteiger partial charge in [0, 0.05) is 22.6 Å². The maximum Gasteiger partial charge on any atom is 0.127 e. The number of hydrogen-bond donors (Lipinski definition) is 2. The molecule has 2 aromatic carbocycles. The second-order valence-corrected chi connectivity index (χ2v) is 8.38. The van der Waals surface area contributed by atoms with Gasteiger partial charge in [-0.2, -0.15) is 0 Å². The first-order chi connectivity index (χ1) is 12.6. The Morgan fingerprint density at radius 1 is 1.19 bits per heavy atom. The summed E-state index contributed by atoms with van der Waals surface area (Å²) in [6.07, 6.45) is 3.88. The van der Waals surface area contributed by atoms with E-state index in [4.69, 9.17) is 5.73 Å². The summed E-state index contributed by atoms with van der Waals surface area (Å²) in [5.74, 6) is 1.55. The molecule has 0 bridgehead atoms. The molecule has 26 heavy (non-hydrogen) atoms. The first-order valence-electron chi connectivity index (χ1n) is 8.94. The number of fused-ring (bicyclic) bond motifs is 2. The first kappa shape index (κ1) is 17.2. The highest BCUT2D eigenvalue weighted by atomic mass is 32.2. The third kappa shape index (κ3) is 3.24. The van der Waals surface area contributed by atoms with Crippen LogP contribution in [-0.2, 0) is 17.6 Å². The van der Waals surface area contributed by atoms with E-state index in [1.807, 2.05) is 18.2 Å². The van der Waals surface area contributed by atoms with E-state index in [1.165, 1.54) is 11.1 Å². The molecule has 4 rings (SSSR count). The number of nitrogen functional groups attached to an aromatic ring is 1. The minimum absolute atomic E-state index is 0.305. The van der Waals surface area contributed by atoms with Crippen LogP contribution in [0.1, 0.15) is 29.0 Å². The van der Waals surface area contributed by atoms with Crippen LogP contribution in [0.5, 0.6) is 0 Å². The second kappa shape index (κ2) is 7.17. The molecule has 0 saturated heterocycles. The number of pyridine rings is 1. The number of nitrogens with two attached hydrogens (primary N) is 1. The van der Waals surface area contributed by atoms with E-state index in [-0.39, 0.29) is 0 Å². The molecule has 4 nitrogen and oxygen atoms in total. The van der Waals surface area contributed by atoms with Crippen LogP contribution < -0.4 is 11.1 Å². The number of benzene rings is 2. The van der Waals surface area contributed by atoms with Gasteiger partial charge in [-0.1, -0.05) is 41.5 Å². The Morgan fingerprint density at radius 2 is 2.04 bits per heavy atom. The zero-order valence-electron chi connectivity index (χ0n) is 14.9. The van der Waals surface area contributed by atoms with Gasteiger partial charge in [0.05, 0.1) is 18.3 Å². The summed E-state index contributed by atoms with van der Waals surface area (Å²) in [4.78, 5) is 4.67. The van der Waals surface area contributed by atoms with Gasteiger partial charge >= 0.3 is 0 Å². The molecule has 134 valence electrons. The molecule has 2 atom stereocenters. The van der Waals surface area contributed by atoms with Crippen molar-refractivity contribution >= 4 is 33.6 Å². The van der Waals surface area contributed by atoms with Crippen LogP contribution in [-0.4, -0.2) is 28.1 Å². The quantitative estimate of drug-likeness (QED) is 0.676. The van der Waals surface area contributed by atoms with Crippen LogP contribution in [0.25, 0.3) is 10.9 Å². The summed E-state index contributed by atoms with van der Waals surface area (Å²) in [6, 6.07) is 16.8. The first-order valence-corrected chi connectivity index (χ1v) is 10.7. The molecule has 1 heterocycles. The fourth-order valence-corrected chi connectivity index (χ4v) is 4.26. The van der Waals surface area contributed by atoms with E-state index in [1.54, 1.807) is 6.26 Å². The van der Waals surface area contributed by atoms with Gasteiger partial charge in [0.1, 0.15) is 11.6 Å². The summed E-state index contributed by atoms with van der Waals surface area (Å²) in [6.45, 7) is 0.675. The lowest BCUT2D eigenvalue weighted by Gasteiger charge is -2.17. The Bertz CT molecular complexity index is 942. The smallest absolute Gasteiger partial charge is 0.127 e. The molecule has 1 aromatic heterocycles. The maximum absolute atomic E-state index is 11.3. The molecular formula is C21H23N3OS. The molecule has 5 heteroatoms. The summed E-state index contributed by atoms with van der Waals surface area (Å²) in [7, 11) is 0.